The topological polar surface area (TPSA) is 62.3 Å². The van der Waals surface area contributed by atoms with E-state index in [4.69, 9.17) is 20.2 Å². The number of aromatic nitrogens is 2. The first kappa shape index (κ1) is 13.6. The molecule has 1 aliphatic rings. The van der Waals surface area contributed by atoms with Gasteiger partial charge in [0.1, 0.15) is 5.82 Å². The highest BCUT2D eigenvalue weighted by molar-refractivity contribution is 7.09. The molecular weight excluding hydrogens is 298 g/mol. The van der Waals surface area contributed by atoms with Crippen molar-refractivity contribution in [2.75, 3.05) is 13.3 Å². The molecule has 0 radical (unpaired) electrons. The van der Waals surface area contributed by atoms with E-state index in [-0.39, 0.29) is 12.8 Å². The zero-order valence-electron chi connectivity index (χ0n) is 12.3. The van der Waals surface area contributed by atoms with Crippen LogP contribution in [0.5, 0.6) is 11.5 Å². The molecule has 1 aromatic carbocycles. The summed E-state index contributed by atoms with van der Waals surface area (Å²) in [5, 5.41) is 2.09. The van der Waals surface area contributed by atoms with Crippen molar-refractivity contribution in [3.63, 3.8) is 0 Å². The van der Waals surface area contributed by atoms with Crippen LogP contribution in [0, 0.1) is 0 Å². The van der Waals surface area contributed by atoms with E-state index in [1.165, 1.54) is 4.88 Å². The van der Waals surface area contributed by atoms with Crippen LogP contribution in [0.1, 0.15) is 23.7 Å². The molecule has 2 aromatic heterocycles. The smallest absolute Gasteiger partial charge is 0.231 e. The Balaban J connectivity index is 1.87. The molecule has 0 aliphatic carbocycles. The summed E-state index contributed by atoms with van der Waals surface area (Å²) >= 11 is 1.74. The van der Waals surface area contributed by atoms with E-state index >= 15 is 0 Å². The molecule has 4 rings (SSSR count). The molecule has 0 bridgehead atoms. The highest BCUT2D eigenvalue weighted by atomic mass is 32.1. The zero-order valence-corrected chi connectivity index (χ0v) is 13.1. The third-order valence-electron chi connectivity index (χ3n) is 3.95. The van der Waals surface area contributed by atoms with Gasteiger partial charge in [-0.25, -0.2) is 4.98 Å². The van der Waals surface area contributed by atoms with E-state index in [9.17, 15) is 0 Å². The van der Waals surface area contributed by atoms with E-state index < -0.39 is 0 Å². The molecule has 1 unspecified atom stereocenters. The van der Waals surface area contributed by atoms with Gasteiger partial charge in [-0.3, -0.25) is 0 Å². The molecular formula is C16H17N3O2S. The maximum absolute atomic E-state index is 5.91. The molecule has 6 heteroatoms. The van der Waals surface area contributed by atoms with Crippen molar-refractivity contribution >= 4 is 22.4 Å². The molecule has 0 saturated heterocycles. The summed E-state index contributed by atoms with van der Waals surface area (Å²) in [4.78, 5) is 6.11. The number of rotatable bonds is 4. The van der Waals surface area contributed by atoms with Crippen molar-refractivity contribution in [2.45, 2.75) is 19.4 Å². The Labute approximate surface area is 132 Å². The average molecular weight is 315 g/mol. The normalized spacial score (nSPS) is 14.6. The number of nitrogens with zero attached hydrogens (tertiary/aromatic N) is 2. The summed E-state index contributed by atoms with van der Waals surface area (Å²) in [5.41, 5.74) is 7.88. The van der Waals surface area contributed by atoms with E-state index in [2.05, 4.69) is 29.0 Å². The Morgan fingerprint density at radius 3 is 2.91 bits per heavy atom. The molecule has 0 fully saturated rings. The Morgan fingerprint density at radius 2 is 2.18 bits per heavy atom. The summed E-state index contributed by atoms with van der Waals surface area (Å²) in [6.45, 7) is 2.96. The van der Waals surface area contributed by atoms with E-state index in [1.54, 1.807) is 11.3 Å². The van der Waals surface area contributed by atoms with Crippen LogP contribution >= 0.6 is 11.3 Å². The minimum atomic E-state index is 0.181. The Bertz CT molecular complexity index is 811. The highest BCUT2D eigenvalue weighted by Crippen LogP contribution is 2.37. The van der Waals surface area contributed by atoms with Crippen LogP contribution in [0.4, 0.5) is 0 Å². The van der Waals surface area contributed by atoms with Crippen molar-refractivity contribution in [3.8, 4) is 11.5 Å². The van der Waals surface area contributed by atoms with Gasteiger partial charge in [-0.15, -0.1) is 11.3 Å². The van der Waals surface area contributed by atoms with Crippen molar-refractivity contribution in [3.05, 3.63) is 40.3 Å². The number of benzene rings is 1. The molecule has 1 atom stereocenters. The molecule has 114 valence electrons. The van der Waals surface area contributed by atoms with Gasteiger partial charge < -0.3 is 19.8 Å². The molecule has 0 saturated carbocycles. The number of hydrogen-bond acceptors (Lipinski definition) is 5. The van der Waals surface area contributed by atoms with Gasteiger partial charge in [0.05, 0.1) is 11.0 Å². The molecule has 0 spiro atoms. The highest BCUT2D eigenvalue weighted by Gasteiger charge is 2.21. The molecule has 0 amide bonds. The second-order valence-corrected chi connectivity index (χ2v) is 6.47. The summed E-state index contributed by atoms with van der Waals surface area (Å²) in [6, 6.07) is 8.34. The van der Waals surface area contributed by atoms with Gasteiger partial charge in [-0.1, -0.05) is 6.07 Å². The van der Waals surface area contributed by atoms with Crippen LogP contribution in [-0.4, -0.2) is 22.9 Å². The van der Waals surface area contributed by atoms with Gasteiger partial charge in [0.25, 0.3) is 0 Å². The zero-order chi connectivity index (χ0) is 15.1. The van der Waals surface area contributed by atoms with Gasteiger partial charge in [0.15, 0.2) is 11.5 Å². The number of imidazole rings is 1. The predicted molar refractivity (Wildman–Crippen MR) is 86.7 cm³/mol. The average Bonchev–Trinajstić information content (AvgIpc) is 3.23. The third kappa shape index (κ3) is 2.15. The second kappa shape index (κ2) is 5.30. The first-order valence-corrected chi connectivity index (χ1v) is 8.17. The Hall–Kier alpha value is -2.05. The monoisotopic (exact) mass is 315 g/mol. The lowest BCUT2D eigenvalue weighted by molar-refractivity contribution is 0.174. The number of fused-ring (bicyclic) bond motifs is 2. The van der Waals surface area contributed by atoms with Gasteiger partial charge in [-0.05, 0) is 18.4 Å². The second-order valence-electron chi connectivity index (χ2n) is 5.43. The van der Waals surface area contributed by atoms with Crippen LogP contribution in [0.15, 0.2) is 29.6 Å². The number of hydrogen-bond donors (Lipinski definition) is 1. The fraction of sp³-hybridized carbons (Fsp3) is 0.312. The van der Waals surface area contributed by atoms with E-state index in [0.717, 1.165) is 34.8 Å². The molecule has 1 aliphatic heterocycles. The largest absolute Gasteiger partial charge is 0.454 e. The van der Waals surface area contributed by atoms with Crippen molar-refractivity contribution in [2.24, 2.45) is 5.73 Å². The summed E-state index contributed by atoms with van der Waals surface area (Å²) < 4.78 is 13.2. The fourth-order valence-electron chi connectivity index (χ4n) is 2.83. The number of ether oxygens (including phenoxy) is 2. The lowest BCUT2D eigenvalue weighted by Crippen LogP contribution is -2.18. The van der Waals surface area contributed by atoms with Gasteiger partial charge in [0.2, 0.25) is 6.79 Å². The van der Waals surface area contributed by atoms with Crippen LogP contribution in [0.25, 0.3) is 11.0 Å². The van der Waals surface area contributed by atoms with E-state index in [1.807, 2.05) is 12.1 Å². The van der Waals surface area contributed by atoms with Gasteiger partial charge in [-0.2, -0.15) is 0 Å². The van der Waals surface area contributed by atoms with Crippen LogP contribution < -0.4 is 15.2 Å². The predicted octanol–water partition coefficient (Wildman–Crippen LogP) is 2.94. The van der Waals surface area contributed by atoms with Crippen LogP contribution in [0.3, 0.4) is 0 Å². The van der Waals surface area contributed by atoms with Gasteiger partial charge >= 0.3 is 0 Å². The standard InChI is InChI=1S/C16H17N3O2S/c1-10(8-17)19-13-7-15-14(20-9-21-15)6-12(13)18-16(19)5-11-3-2-4-22-11/h2-4,6-7,10H,5,8-9,17H2,1H3. The third-order valence-corrected chi connectivity index (χ3v) is 4.83. The molecule has 3 aromatic rings. The van der Waals surface area contributed by atoms with Crippen LogP contribution in [0.2, 0.25) is 0 Å². The molecule has 5 nitrogen and oxygen atoms in total. The number of nitrogens with two attached hydrogens (primary N) is 1. The number of thiophene rings is 1. The first-order chi connectivity index (χ1) is 10.8. The quantitative estimate of drug-likeness (QED) is 0.804. The summed E-state index contributed by atoms with van der Waals surface area (Å²) in [7, 11) is 0. The maximum Gasteiger partial charge on any atom is 0.231 e. The van der Waals surface area contributed by atoms with Crippen molar-refractivity contribution < 1.29 is 9.47 Å². The Morgan fingerprint density at radius 1 is 1.36 bits per heavy atom. The minimum absolute atomic E-state index is 0.181. The summed E-state index contributed by atoms with van der Waals surface area (Å²) in [5.74, 6) is 2.57. The first-order valence-electron chi connectivity index (χ1n) is 7.29. The van der Waals surface area contributed by atoms with Crippen LogP contribution in [-0.2, 0) is 6.42 Å². The molecule has 22 heavy (non-hydrogen) atoms. The fourth-order valence-corrected chi connectivity index (χ4v) is 3.53. The molecule has 2 N–H and O–H groups in total. The molecule has 3 heterocycles. The lowest BCUT2D eigenvalue weighted by atomic mass is 10.2. The lowest BCUT2D eigenvalue weighted by Gasteiger charge is -2.15. The Kier molecular flexibility index (Phi) is 3.28. The minimum Gasteiger partial charge on any atom is -0.454 e. The SMILES string of the molecule is CC(CN)n1c(Cc2cccs2)nc2cc3c(cc21)OCO3. The van der Waals surface area contributed by atoms with Gasteiger partial charge in [0, 0.05) is 36.0 Å². The maximum atomic E-state index is 5.91. The van der Waals surface area contributed by atoms with Crippen molar-refractivity contribution in [1.82, 2.24) is 9.55 Å². The van der Waals surface area contributed by atoms with Crippen molar-refractivity contribution in [1.29, 1.82) is 0 Å². The summed E-state index contributed by atoms with van der Waals surface area (Å²) in [6.07, 6.45) is 0.809. The van der Waals surface area contributed by atoms with E-state index in [0.29, 0.717) is 6.54 Å².